The van der Waals surface area contributed by atoms with Gasteiger partial charge in [-0.05, 0) is 161 Å². The maximum absolute atomic E-state index is 13.4. The summed E-state index contributed by atoms with van der Waals surface area (Å²) < 4.78 is 10.9. The molecule has 0 spiro atoms. The minimum atomic E-state index is -0.684. The molecule has 0 radical (unpaired) electrons. The van der Waals surface area contributed by atoms with Gasteiger partial charge in [-0.15, -0.1) is 0 Å². The molecule has 6 aliphatic rings. The van der Waals surface area contributed by atoms with Crippen molar-refractivity contribution < 1.29 is 38.6 Å². The summed E-state index contributed by atoms with van der Waals surface area (Å²) in [4.78, 5) is 66.6. The first kappa shape index (κ1) is 57.6. The highest BCUT2D eigenvalue weighted by molar-refractivity contribution is 5.84. The van der Waals surface area contributed by atoms with Gasteiger partial charge < -0.3 is 40.3 Å². The van der Waals surface area contributed by atoms with Gasteiger partial charge in [0.2, 0.25) is 11.8 Å². The maximum Gasteiger partial charge on any atom is 0.410 e. The third-order valence-corrected chi connectivity index (χ3v) is 17.2. The van der Waals surface area contributed by atoms with Crippen molar-refractivity contribution >= 4 is 30.0 Å². The number of nitrogens with one attached hydrogen (secondary N) is 3. The van der Waals surface area contributed by atoms with Gasteiger partial charge in [-0.25, -0.2) is 9.59 Å². The van der Waals surface area contributed by atoms with Crippen LogP contribution in [0.4, 0.5) is 9.59 Å². The van der Waals surface area contributed by atoms with Gasteiger partial charge in [0, 0.05) is 37.3 Å². The molecule has 3 heterocycles. The Morgan fingerprint density at radius 2 is 0.822 bits per heavy atom. The number of benzene rings is 2. The number of carbonyl (C=O) groups excluding carboxylic acids is 4. The Morgan fingerprint density at radius 3 is 1.15 bits per heavy atom. The number of piperidine rings is 3. The molecule has 3 saturated carbocycles. The van der Waals surface area contributed by atoms with Crippen molar-refractivity contribution in [2.24, 2.45) is 34.0 Å². The summed E-state index contributed by atoms with van der Waals surface area (Å²) in [7, 11) is 0. The molecule has 406 valence electrons. The van der Waals surface area contributed by atoms with Crippen molar-refractivity contribution in [1.82, 2.24) is 25.8 Å². The van der Waals surface area contributed by atoms with Crippen LogP contribution in [0.2, 0.25) is 0 Å². The molecule has 2 aromatic carbocycles. The fraction of sp³-hybridized carbons (Fsp3) is 0.717. The van der Waals surface area contributed by atoms with Gasteiger partial charge in [-0.2, -0.15) is 0 Å². The summed E-state index contributed by atoms with van der Waals surface area (Å²) in [6, 6.07) is 19.3. The first-order chi connectivity index (χ1) is 34.9. The Morgan fingerprint density at radius 1 is 0.507 bits per heavy atom. The number of carboxylic acid groups (broad SMARTS) is 1. The molecule has 4 amide bonds. The molecular formula is C60H93N5O8. The molecular weight excluding hydrogens is 919 g/mol. The molecule has 0 aromatic heterocycles. The van der Waals surface area contributed by atoms with Crippen LogP contribution in [0.25, 0.3) is 0 Å². The second-order valence-electron chi connectivity index (χ2n) is 24.5. The van der Waals surface area contributed by atoms with E-state index in [-0.39, 0.29) is 59.1 Å². The Hall–Kier alpha value is -4.65. The minimum Gasteiger partial charge on any atom is -0.481 e. The molecule has 13 heteroatoms. The molecule has 13 nitrogen and oxygen atoms in total. The number of hydrogen-bond acceptors (Lipinski definition) is 8. The predicted octanol–water partition coefficient (Wildman–Crippen LogP) is 11.8. The van der Waals surface area contributed by atoms with Crippen LogP contribution in [0, 0.1) is 34.0 Å². The summed E-state index contributed by atoms with van der Waals surface area (Å²) in [5.41, 5.74) is 0.460. The van der Waals surface area contributed by atoms with E-state index < -0.39 is 11.4 Å². The fourth-order valence-electron chi connectivity index (χ4n) is 13.0. The predicted molar refractivity (Wildman–Crippen MR) is 287 cm³/mol. The first-order valence-corrected chi connectivity index (χ1v) is 28.4. The summed E-state index contributed by atoms with van der Waals surface area (Å²) in [6.45, 7) is 17.0. The molecule has 8 rings (SSSR count). The quantitative estimate of drug-likeness (QED) is 0.181. The van der Waals surface area contributed by atoms with Crippen molar-refractivity contribution in [3.05, 3.63) is 71.8 Å². The van der Waals surface area contributed by atoms with Crippen LogP contribution in [0.15, 0.2) is 60.7 Å². The van der Waals surface area contributed by atoms with Crippen molar-refractivity contribution in [2.45, 2.75) is 201 Å². The largest absolute Gasteiger partial charge is 0.481 e. The highest BCUT2D eigenvalue weighted by Gasteiger charge is 2.51. The number of carboxylic acids is 1. The average Bonchev–Trinajstić information content (AvgIpc) is 3.40. The molecule has 3 saturated heterocycles. The monoisotopic (exact) mass is 1010 g/mol. The van der Waals surface area contributed by atoms with Crippen LogP contribution in [-0.4, -0.2) is 95.2 Å². The SMILES string of the molecule is CC(C)(C)NC(=O)C1(C2CCCCC2)CCN(C(=O)OCc2ccccc2)CC1.CC(C)(C)NC(=O)C1(C2CCCCC2)CCNCC1.O=C(OCc1ccccc1)N1CCC(C(=O)O)(C2CCCCC2)CC1. The zero-order valence-corrected chi connectivity index (χ0v) is 45.7. The topological polar surface area (TPSA) is 167 Å². The van der Waals surface area contributed by atoms with Gasteiger partial charge >= 0.3 is 18.2 Å². The second-order valence-corrected chi connectivity index (χ2v) is 24.5. The maximum atomic E-state index is 13.4. The number of aliphatic carboxylic acids is 1. The molecule has 0 bridgehead atoms. The normalized spacial score (nSPS) is 21.7. The second kappa shape index (κ2) is 26.7. The number of ether oxygens (including phenoxy) is 2. The van der Waals surface area contributed by atoms with E-state index in [1.807, 2.05) is 81.4 Å². The number of nitrogens with zero attached hydrogens (tertiary/aromatic N) is 2. The summed E-state index contributed by atoms with van der Waals surface area (Å²) in [5.74, 6) is 1.08. The van der Waals surface area contributed by atoms with Gasteiger partial charge in [0.1, 0.15) is 13.2 Å². The Bertz CT molecular complexity index is 2030. The van der Waals surface area contributed by atoms with E-state index in [0.717, 1.165) is 88.4 Å². The lowest BCUT2D eigenvalue weighted by Crippen LogP contribution is -2.57. The van der Waals surface area contributed by atoms with Gasteiger partial charge in [0.15, 0.2) is 0 Å². The van der Waals surface area contributed by atoms with Crippen LogP contribution >= 0.6 is 0 Å². The first-order valence-electron chi connectivity index (χ1n) is 28.4. The standard InChI is InChI=1S/C24H36N2O3.C20H27NO4.C16H30N2O/c1-23(2,3)25-21(27)24(20-12-8-5-9-13-20)14-16-26(17-15-24)22(28)29-18-19-10-6-4-7-11-19;22-18(23)20(17-9-5-2-6-10-17)11-13-21(14-12-20)19(24)25-15-16-7-3-1-4-8-16;1-15(2,3)18-14(19)16(9-11-17-12-10-16)13-7-5-4-6-8-13/h4,6-7,10-11,20H,5,8-9,12-18H2,1-3H3,(H,25,27);1,3-4,7-8,17H,2,5-6,9-15H2,(H,22,23);13,17H,4-12H2,1-3H3,(H,18,19). The van der Waals surface area contributed by atoms with E-state index in [2.05, 4.69) is 36.7 Å². The number of amides is 4. The van der Waals surface area contributed by atoms with Gasteiger partial charge in [0.05, 0.1) is 16.2 Å². The smallest absolute Gasteiger partial charge is 0.410 e. The molecule has 3 aliphatic carbocycles. The summed E-state index contributed by atoms with van der Waals surface area (Å²) in [6.07, 6.45) is 21.8. The lowest BCUT2D eigenvalue weighted by Gasteiger charge is -2.47. The van der Waals surface area contributed by atoms with Crippen molar-refractivity contribution in [3.63, 3.8) is 0 Å². The van der Waals surface area contributed by atoms with Crippen molar-refractivity contribution in [1.29, 1.82) is 0 Å². The van der Waals surface area contributed by atoms with Gasteiger partial charge in [0.25, 0.3) is 0 Å². The molecule has 2 aromatic rings. The summed E-state index contributed by atoms with van der Waals surface area (Å²) in [5, 5.41) is 19.8. The van der Waals surface area contributed by atoms with E-state index in [1.54, 1.807) is 9.80 Å². The van der Waals surface area contributed by atoms with Crippen LogP contribution in [-0.2, 0) is 37.1 Å². The van der Waals surface area contributed by atoms with E-state index in [9.17, 15) is 29.1 Å². The fourth-order valence-corrected chi connectivity index (χ4v) is 13.0. The Balaban J connectivity index is 0.000000182. The third-order valence-electron chi connectivity index (χ3n) is 17.2. The number of hydrogen-bond donors (Lipinski definition) is 4. The van der Waals surface area contributed by atoms with Crippen LogP contribution in [0.5, 0.6) is 0 Å². The van der Waals surface area contributed by atoms with Crippen LogP contribution in [0.1, 0.15) is 188 Å². The van der Waals surface area contributed by atoms with E-state index in [4.69, 9.17) is 9.47 Å². The molecule has 73 heavy (non-hydrogen) atoms. The number of rotatable bonds is 10. The molecule has 6 fully saturated rings. The molecule has 0 unspecified atom stereocenters. The number of likely N-dealkylation sites (tertiary alicyclic amines) is 2. The van der Waals surface area contributed by atoms with E-state index in [1.165, 1.54) is 57.8 Å². The van der Waals surface area contributed by atoms with Crippen LogP contribution in [0.3, 0.4) is 0 Å². The Kier molecular flexibility index (Phi) is 21.1. The highest BCUT2D eigenvalue weighted by Crippen LogP contribution is 2.48. The molecule has 3 aliphatic heterocycles. The minimum absolute atomic E-state index is 0.0983. The van der Waals surface area contributed by atoms with E-state index >= 15 is 0 Å². The third kappa shape index (κ3) is 16.2. The average molecular weight is 1010 g/mol. The van der Waals surface area contributed by atoms with Crippen molar-refractivity contribution in [3.8, 4) is 0 Å². The zero-order valence-electron chi connectivity index (χ0n) is 45.7. The lowest BCUT2D eigenvalue weighted by molar-refractivity contribution is -0.157. The Labute approximate surface area is 438 Å². The zero-order chi connectivity index (χ0) is 52.5. The highest BCUT2D eigenvalue weighted by atomic mass is 16.6. The van der Waals surface area contributed by atoms with Gasteiger partial charge in [-0.1, -0.05) is 118 Å². The summed E-state index contributed by atoms with van der Waals surface area (Å²) >= 11 is 0. The van der Waals surface area contributed by atoms with Gasteiger partial charge in [-0.3, -0.25) is 14.4 Å². The molecule has 0 atom stereocenters. The number of carbonyl (C=O) groups is 5. The van der Waals surface area contributed by atoms with Crippen LogP contribution < -0.4 is 16.0 Å². The van der Waals surface area contributed by atoms with Crippen molar-refractivity contribution in [2.75, 3.05) is 39.3 Å². The lowest BCUT2D eigenvalue weighted by atomic mass is 9.63. The van der Waals surface area contributed by atoms with E-state index in [0.29, 0.717) is 56.8 Å². The molecule has 4 N–H and O–H groups in total.